The minimum atomic E-state index is 0.480. The van der Waals surface area contributed by atoms with Crippen LogP contribution in [0.3, 0.4) is 0 Å². The Hall–Kier alpha value is -1.61. The lowest BCUT2D eigenvalue weighted by atomic mass is 10.1. The summed E-state index contributed by atoms with van der Waals surface area (Å²) in [6.07, 6.45) is 0.849. The van der Waals surface area contributed by atoms with Crippen molar-refractivity contribution in [3.05, 3.63) is 52.3 Å². The summed E-state index contributed by atoms with van der Waals surface area (Å²) in [4.78, 5) is 8.54. The van der Waals surface area contributed by atoms with Gasteiger partial charge >= 0.3 is 0 Å². The Morgan fingerprint density at radius 3 is 2.56 bits per heavy atom. The molecule has 0 radical (unpaired) electrons. The molecule has 0 unspecified atom stereocenters. The number of hydrogen-bond acceptors (Lipinski definition) is 3. The third kappa shape index (κ3) is 3.44. The van der Waals surface area contributed by atoms with Crippen LogP contribution >= 0.6 is 11.6 Å². The van der Waals surface area contributed by atoms with Crippen LogP contribution in [0.5, 0.6) is 0 Å². The van der Waals surface area contributed by atoms with Crippen LogP contribution in [0.2, 0.25) is 5.15 Å². The lowest BCUT2D eigenvalue weighted by Crippen LogP contribution is -2.05. The van der Waals surface area contributed by atoms with Crippen molar-refractivity contribution in [3.63, 3.8) is 0 Å². The molecule has 18 heavy (non-hydrogen) atoms. The van der Waals surface area contributed by atoms with Crippen LogP contribution in [0, 0.1) is 6.92 Å². The van der Waals surface area contributed by atoms with Gasteiger partial charge in [-0.15, -0.1) is 0 Å². The zero-order valence-electron chi connectivity index (χ0n) is 10.6. The maximum absolute atomic E-state index is 5.94. The zero-order valence-corrected chi connectivity index (χ0v) is 11.3. The Labute approximate surface area is 112 Å². The smallest absolute Gasteiger partial charge is 0.224 e. The van der Waals surface area contributed by atoms with Crippen molar-refractivity contribution in [2.75, 3.05) is 5.32 Å². The molecule has 0 bridgehead atoms. The molecule has 0 fully saturated rings. The highest BCUT2D eigenvalue weighted by Crippen LogP contribution is 2.12. The van der Waals surface area contributed by atoms with E-state index in [1.54, 1.807) is 6.07 Å². The lowest BCUT2D eigenvalue weighted by Gasteiger charge is -2.07. The number of hydrogen-bond donors (Lipinski definition) is 1. The van der Waals surface area contributed by atoms with E-state index in [1.165, 1.54) is 11.1 Å². The van der Waals surface area contributed by atoms with Crippen LogP contribution in [0.25, 0.3) is 0 Å². The first kappa shape index (κ1) is 12.8. The molecule has 1 aromatic carbocycles. The van der Waals surface area contributed by atoms with Crippen LogP contribution in [-0.2, 0) is 13.0 Å². The average Bonchev–Trinajstić information content (AvgIpc) is 2.37. The van der Waals surface area contributed by atoms with Gasteiger partial charge < -0.3 is 5.32 Å². The second-order valence-electron chi connectivity index (χ2n) is 4.20. The van der Waals surface area contributed by atoms with Crippen molar-refractivity contribution in [1.29, 1.82) is 0 Å². The molecule has 2 rings (SSSR count). The van der Waals surface area contributed by atoms with Crippen LogP contribution in [0.4, 0.5) is 5.95 Å². The summed E-state index contributed by atoms with van der Waals surface area (Å²) < 4.78 is 0. The molecule has 0 spiro atoms. The van der Waals surface area contributed by atoms with Crippen molar-refractivity contribution in [1.82, 2.24) is 9.97 Å². The van der Waals surface area contributed by atoms with Crippen molar-refractivity contribution in [2.45, 2.75) is 26.8 Å². The highest BCUT2D eigenvalue weighted by molar-refractivity contribution is 6.29. The van der Waals surface area contributed by atoms with Crippen molar-refractivity contribution < 1.29 is 0 Å². The summed E-state index contributed by atoms with van der Waals surface area (Å²) in [6.45, 7) is 4.82. The molecule has 2 aromatic rings. The van der Waals surface area contributed by atoms with E-state index < -0.39 is 0 Å². The van der Waals surface area contributed by atoms with E-state index in [9.17, 15) is 0 Å². The Kier molecular flexibility index (Phi) is 4.15. The average molecular weight is 262 g/mol. The van der Waals surface area contributed by atoms with Crippen molar-refractivity contribution in [3.8, 4) is 0 Å². The molecule has 1 N–H and O–H groups in total. The van der Waals surface area contributed by atoms with Gasteiger partial charge in [-0.25, -0.2) is 9.97 Å². The van der Waals surface area contributed by atoms with E-state index in [1.807, 2.05) is 6.92 Å². The molecule has 0 aliphatic carbocycles. The van der Waals surface area contributed by atoms with Gasteiger partial charge in [-0.3, -0.25) is 0 Å². The fraction of sp³-hybridized carbons (Fsp3) is 0.286. The second kappa shape index (κ2) is 5.83. The van der Waals surface area contributed by atoms with Gasteiger partial charge in [0.1, 0.15) is 5.15 Å². The third-order valence-electron chi connectivity index (χ3n) is 2.68. The van der Waals surface area contributed by atoms with E-state index in [0.29, 0.717) is 17.6 Å². The van der Waals surface area contributed by atoms with Gasteiger partial charge in [0.15, 0.2) is 0 Å². The highest BCUT2D eigenvalue weighted by Gasteiger charge is 2.01. The van der Waals surface area contributed by atoms with Gasteiger partial charge in [0.05, 0.1) is 0 Å². The van der Waals surface area contributed by atoms with Gasteiger partial charge in [-0.2, -0.15) is 0 Å². The number of aromatic nitrogens is 2. The Bertz CT molecular complexity index is 523. The number of benzene rings is 1. The molecule has 3 nitrogen and oxygen atoms in total. The number of halogens is 1. The fourth-order valence-electron chi connectivity index (χ4n) is 1.61. The quantitative estimate of drug-likeness (QED) is 0.855. The molecule has 0 saturated carbocycles. The summed E-state index contributed by atoms with van der Waals surface area (Å²) in [6, 6.07) is 10.2. The van der Waals surface area contributed by atoms with Crippen LogP contribution < -0.4 is 5.32 Å². The predicted molar refractivity (Wildman–Crippen MR) is 74.9 cm³/mol. The summed E-state index contributed by atoms with van der Waals surface area (Å²) in [5.41, 5.74) is 3.40. The molecule has 94 valence electrons. The topological polar surface area (TPSA) is 37.8 Å². The largest absolute Gasteiger partial charge is 0.350 e. The Morgan fingerprint density at radius 1 is 1.17 bits per heavy atom. The predicted octanol–water partition coefficient (Wildman–Crippen LogP) is 3.61. The van der Waals surface area contributed by atoms with Gasteiger partial charge in [0, 0.05) is 12.2 Å². The summed E-state index contributed by atoms with van der Waals surface area (Å²) in [7, 11) is 0. The maximum atomic E-state index is 5.94. The minimum Gasteiger partial charge on any atom is -0.350 e. The first-order valence-electron chi connectivity index (χ1n) is 6.00. The molecule has 1 heterocycles. The molecule has 0 saturated heterocycles. The number of aryl methyl sites for hydroxylation is 2. The molecule has 0 aliphatic rings. The van der Waals surface area contributed by atoms with Gasteiger partial charge in [-0.05, 0) is 25.0 Å². The van der Waals surface area contributed by atoms with E-state index in [-0.39, 0.29) is 0 Å². The van der Waals surface area contributed by atoms with E-state index in [0.717, 1.165) is 12.1 Å². The fourth-order valence-corrected chi connectivity index (χ4v) is 1.82. The monoisotopic (exact) mass is 261 g/mol. The van der Waals surface area contributed by atoms with Crippen LogP contribution in [0.1, 0.15) is 23.7 Å². The highest BCUT2D eigenvalue weighted by atomic mass is 35.5. The summed E-state index contributed by atoms with van der Waals surface area (Å²) >= 11 is 5.94. The normalized spacial score (nSPS) is 10.4. The maximum Gasteiger partial charge on any atom is 0.224 e. The Balaban J connectivity index is 2.05. The second-order valence-corrected chi connectivity index (χ2v) is 4.59. The molecular formula is C14H16ClN3. The standard InChI is InChI=1S/C14H16ClN3/c1-3-12-8-13(15)18-14(17-12)16-9-11-6-4-10(2)5-7-11/h4-8H,3,9H2,1-2H3,(H,16,17,18). The molecule has 1 aromatic heterocycles. The van der Waals surface area contributed by atoms with E-state index >= 15 is 0 Å². The SMILES string of the molecule is CCc1cc(Cl)nc(NCc2ccc(C)cc2)n1. The number of rotatable bonds is 4. The van der Waals surface area contributed by atoms with E-state index in [2.05, 4.69) is 46.5 Å². The van der Waals surface area contributed by atoms with E-state index in [4.69, 9.17) is 11.6 Å². The lowest BCUT2D eigenvalue weighted by molar-refractivity contribution is 0.975. The van der Waals surface area contributed by atoms with Crippen LogP contribution in [-0.4, -0.2) is 9.97 Å². The molecule has 0 atom stereocenters. The first-order chi connectivity index (χ1) is 8.67. The van der Waals surface area contributed by atoms with Gasteiger partial charge in [0.25, 0.3) is 0 Å². The zero-order chi connectivity index (χ0) is 13.0. The Morgan fingerprint density at radius 2 is 1.89 bits per heavy atom. The number of anilines is 1. The third-order valence-corrected chi connectivity index (χ3v) is 2.88. The first-order valence-corrected chi connectivity index (χ1v) is 6.38. The number of nitrogens with zero attached hydrogens (tertiary/aromatic N) is 2. The van der Waals surface area contributed by atoms with Gasteiger partial charge in [0.2, 0.25) is 5.95 Å². The van der Waals surface area contributed by atoms with Crippen LogP contribution in [0.15, 0.2) is 30.3 Å². The number of nitrogens with one attached hydrogen (secondary N) is 1. The molecule has 0 aliphatic heterocycles. The van der Waals surface area contributed by atoms with Gasteiger partial charge in [-0.1, -0.05) is 48.4 Å². The minimum absolute atomic E-state index is 0.480. The molecular weight excluding hydrogens is 246 g/mol. The summed E-state index contributed by atoms with van der Waals surface area (Å²) in [5, 5.41) is 3.67. The molecule has 4 heteroatoms. The van der Waals surface area contributed by atoms with Crippen molar-refractivity contribution in [2.24, 2.45) is 0 Å². The van der Waals surface area contributed by atoms with Crippen molar-refractivity contribution >= 4 is 17.5 Å². The molecule has 0 amide bonds. The summed E-state index contributed by atoms with van der Waals surface area (Å²) in [5.74, 6) is 0.583.